The normalized spacial score (nSPS) is 22.5. The predicted molar refractivity (Wildman–Crippen MR) is 165 cm³/mol. The van der Waals surface area contributed by atoms with Gasteiger partial charge in [0.2, 0.25) is 5.91 Å². The van der Waals surface area contributed by atoms with Crippen LogP contribution < -0.4 is 5.32 Å². The number of unbranched alkanes of at least 4 members (excludes halogenated alkanes) is 2. The Morgan fingerprint density at radius 1 is 0.955 bits per heavy atom. The first-order valence-corrected chi connectivity index (χ1v) is 15.6. The molecular formula is C34H46N2O8. The van der Waals surface area contributed by atoms with Gasteiger partial charge >= 0.3 is 11.9 Å². The number of aliphatic carboxylic acids is 1. The zero-order valence-electron chi connectivity index (χ0n) is 26.0. The Bertz CT molecular complexity index is 1240. The van der Waals surface area contributed by atoms with Gasteiger partial charge in [-0.05, 0) is 76.3 Å². The number of likely N-dealkylation sites (tertiary alicyclic amines) is 1. The molecule has 0 spiro atoms. The van der Waals surface area contributed by atoms with Crippen LogP contribution in [-0.4, -0.2) is 63.8 Å². The number of aliphatic hydroxyl groups is 1. The van der Waals surface area contributed by atoms with Gasteiger partial charge in [0.15, 0.2) is 6.29 Å². The molecular weight excluding hydrogens is 564 g/mol. The molecule has 10 heteroatoms. The second-order valence-electron chi connectivity index (χ2n) is 12.7. The number of anilines is 1. The molecule has 4 atom stereocenters. The Hall–Kier alpha value is -3.31. The second-order valence-corrected chi connectivity index (χ2v) is 12.7. The maximum Gasteiger partial charge on any atom is 0.323 e. The van der Waals surface area contributed by atoms with Crippen molar-refractivity contribution in [3.63, 3.8) is 0 Å². The fourth-order valence-corrected chi connectivity index (χ4v) is 5.66. The number of nitrogens with one attached hydrogen (secondary N) is 1. The van der Waals surface area contributed by atoms with Crippen LogP contribution in [0, 0.1) is 0 Å². The Morgan fingerprint density at radius 3 is 2.30 bits per heavy atom. The summed E-state index contributed by atoms with van der Waals surface area (Å²) in [6.07, 6.45) is 3.49. The molecule has 0 saturated carbocycles. The first kappa shape index (κ1) is 33.6. The van der Waals surface area contributed by atoms with Crippen molar-refractivity contribution < 1.29 is 38.8 Å². The predicted octanol–water partition coefficient (Wildman–Crippen LogP) is 5.50. The molecule has 2 aromatic rings. The molecule has 3 N–H and O–H groups in total. The molecule has 2 fully saturated rings. The van der Waals surface area contributed by atoms with Crippen molar-refractivity contribution in [1.29, 1.82) is 0 Å². The van der Waals surface area contributed by atoms with Gasteiger partial charge in [-0.2, -0.15) is 0 Å². The second kappa shape index (κ2) is 15.6. The number of amides is 1. The van der Waals surface area contributed by atoms with E-state index >= 15 is 0 Å². The monoisotopic (exact) mass is 610 g/mol. The van der Waals surface area contributed by atoms with Crippen LogP contribution in [0.25, 0.3) is 0 Å². The number of ether oxygens (including phenoxy) is 3. The summed E-state index contributed by atoms with van der Waals surface area (Å²) in [4.78, 5) is 38.1. The number of benzene rings is 2. The summed E-state index contributed by atoms with van der Waals surface area (Å²) in [5.74, 6) is -1.14. The van der Waals surface area contributed by atoms with Crippen molar-refractivity contribution in [2.75, 3.05) is 18.4 Å². The van der Waals surface area contributed by atoms with Gasteiger partial charge in [-0.3, -0.25) is 19.3 Å². The fourth-order valence-electron chi connectivity index (χ4n) is 5.66. The first-order chi connectivity index (χ1) is 21.0. The van der Waals surface area contributed by atoms with Crippen molar-refractivity contribution in [3.8, 4) is 0 Å². The Balaban J connectivity index is 1.42. The van der Waals surface area contributed by atoms with E-state index in [1.165, 1.54) is 0 Å². The number of hydrogen-bond donors (Lipinski definition) is 3. The molecule has 2 heterocycles. The van der Waals surface area contributed by atoms with Crippen molar-refractivity contribution >= 4 is 23.5 Å². The number of esters is 1. The van der Waals surface area contributed by atoms with E-state index < -0.39 is 17.9 Å². The average Bonchev–Trinajstić information content (AvgIpc) is 3.44. The van der Waals surface area contributed by atoms with E-state index in [4.69, 9.17) is 19.3 Å². The molecule has 2 saturated heterocycles. The zero-order chi connectivity index (χ0) is 31.7. The van der Waals surface area contributed by atoms with E-state index in [1.54, 1.807) is 0 Å². The zero-order valence-corrected chi connectivity index (χ0v) is 26.0. The van der Waals surface area contributed by atoms with Crippen LogP contribution in [0.2, 0.25) is 0 Å². The van der Waals surface area contributed by atoms with Crippen molar-refractivity contribution in [2.45, 2.75) is 109 Å². The topological polar surface area (TPSA) is 135 Å². The Morgan fingerprint density at radius 2 is 1.64 bits per heavy atom. The number of carboxylic acid groups (broad SMARTS) is 1. The van der Waals surface area contributed by atoms with Gasteiger partial charge in [0.25, 0.3) is 0 Å². The molecule has 2 aliphatic heterocycles. The highest BCUT2D eigenvalue weighted by Crippen LogP contribution is 2.39. The van der Waals surface area contributed by atoms with Crippen LogP contribution in [0.3, 0.4) is 0 Å². The third-order valence-corrected chi connectivity index (χ3v) is 7.86. The van der Waals surface area contributed by atoms with Gasteiger partial charge in [0.05, 0.1) is 18.8 Å². The quantitative estimate of drug-likeness (QED) is 0.198. The molecule has 2 aliphatic rings. The largest absolute Gasteiger partial charge is 0.481 e. The van der Waals surface area contributed by atoms with Crippen LogP contribution in [0.1, 0.15) is 101 Å². The van der Waals surface area contributed by atoms with Gasteiger partial charge < -0.3 is 29.7 Å². The van der Waals surface area contributed by atoms with Crippen LogP contribution in [0.4, 0.5) is 5.69 Å². The maximum absolute atomic E-state index is 13.0. The summed E-state index contributed by atoms with van der Waals surface area (Å²) in [5, 5.41) is 21.1. The highest BCUT2D eigenvalue weighted by molar-refractivity contribution is 5.90. The molecule has 4 rings (SSSR count). The third-order valence-electron chi connectivity index (χ3n) is 7.86. The Labute approximate surface area is 259 Å². The van der Waals surface area contributed by atoms with Gasteiger partial charge in [-0.1, -0.05) is 42.8 Å². The lowest BCUT2D eigenvalue weighted by Gasteiger charge is -2.38. The third kappa shape index (κ3) is 10.1. The standard InChI is InChI=1S/C34H46N2O8/c1-34(2,3)44-32(41)28-8-7-19-36(28)21-27-20-29(24-13-11-23(22-37)12-14-24)43-33(42-27)25-15-17-26(18-16-25)35-30(38)9-5-4-6-10-31(39)40/h11-18,27-29,33,37H,4-10,19-22H2,1-3H3,(H,35,38)(H,39,40)/t27-,28-,29+,33+/m0/s1. The fraction of sp³-hybridized carbons (Fsp3) is 0.559. The molecule has 0 bridgehead atoms. The summed E-state index contributed by atoms with van der Waals surface area (Å²) in [5.41, 5.74) is 2.72. The van der Waals surface area contributed by atoms with E-state index in [0.29, 0.717) is 44.3 Å². The molecule has 10 nitrogen and oxygen atoms in total. The van der Waals surface area contributed by atoms with Crippen molar-refractivity contribution in [1.82, 2.24) is 4.90 Å². The van der Waals surface area contributed by atoms with E-state index in [0.717, 1.165) is 36.1 Å². The maximum atomic E-state index is 13.0. The van der Waals surface area contributed by atoms with Crippen molar-refractivity contribution in [2.24, 2.45) is 0 Å². The number of hydrogen-bond acceptors (Lipinski definition) is 8. The minimum absolute atomic E-state index is 0.0329. The summed E-state index contributed by atoms with van der Waals surface area (Å²) in [6, 6.07) is 14.8. The van der Waals surface area contributed by atoms with Crippen LogP contribution in [-0.2, 0) is 35.2 Å². The van der Waals surface area contributed by atoms with Gasteiger partial charge in [-0.25, -0.2) is 0 Å². The first-order valence-electron chi connectivity index (χ1n) is 15.6. The number of carbonyl (C=O) groups is 3. The average molecular weight is 611 g/mol. The Kier molecular flexibility index (Phi) is 11.9. The molecule has 0 unspecified atom stereocenters. The van der Waals surface area contributed by atoms with Gasteiger partial charge in [0, 0.05) is 37.1 Å². The lowest BCUT2D eigenvalue weighted by Crippen LogP contribution is -2.45. The summed E-state index contributed by atoms with van der Waals surface area (Å²) < 4.78 is 18.7. The van der Waals surface area contributed by atoms with Crippen LogP contribution in [0.15, 0.2) is 48.5 Å². The summed E-state index contributed by atoms with van der Waals surface area (Å²) >= 11 is 0. The number of aliphatic hydroxyl groups excluding tert-OH is 1. The van der Waals surface area contributed by atoms with Crippen LogP contribution >= 0.6 is 0 Å². The van der Waals surface area contributed by atoms with E-state index in [9.17, 15) is 19.5 Å². The minimum atomic E-state index is -0.821. The molecule has 44 heavy (non-hydrogen) atoms. The van der Waals surface area contributed by atoms with Gasteiger partial charge in [-0.15, -0.1) is 0 Å². The number of carbonyl (C=O) groups excluding carboxylic acids is 2. The van der Waals surface area contributed by atoms with E-state index in [2.05, 4.69) is 10.2 Å². The van der Waals surface area contributed by atoms with Crippen molar-refractivity contribution in [3.05, 3.63) is 65.2 Å². The molecule has 1 amide bonds. The lowest BCUT2D eigenvalue weighted by atomic mass is 9.99. The van der Waals surface area contributed by atoms with Crippen LogP contribution in [0.5, 0.6) is 0 Å². The molecule has 0 radical (unpaired) electrons. The molecule has 0 aliphatic carbocycles. The van der Waals surface area contributed by atoms with E-state index in [-0.39, 0.29) is 43.2 Å². The SMILES string of the molecule is CC(C)(C)OC(=O)[C@@H]1CCCN1C[C@@H]1C[C@H](c2ccc(CO)cc2)O[C@H](c2ccc(NC(=O)CCCCCC(=O)O)cc2)O1. The summed E-state index contributed by atoms with van der Waals surface area (Å²) in [6.45, 7) is 6.96. The molecule has 240 valence electrons. The molecule has 2 aromatic carbocycles. The number of carboxylic acids is 1. The lowest BCUT2D eigenvalue weighted by molar-refractivity contribution is -0.253. The number of rotatable bonds is 13. The number of nitrogens with zero attached hydrogens (tertiary/aromatic N) is 1. The highest BCUT2D eigenvalue weighted by Gasteiger charge is 2.38. The van der Waals surface area contributed by atoms with E-state index in [1.807, 2.05) is 69.3 Å². The molecule has 0 aromatic heterocycles. The minimum Gasteiger partial charge on any atom is -0.481 e. The van der Waals surface area contributed by atoms with Gasteiger partial charge in [0.1, 0.15) is 11.6 Å². The smallest absolute Gasteiger partial charge is 0.323 e. The summed E-state index contributed by atoms with van der Waals surface area (Å²) in [7, 11) is 0. The highest BCUT2D eigenvalue weighted by atomic mass is 16.7.